The van der Waals surface area contributed by atoms with Crippen molar-refractivity contribution >= 4 is 0 Å². The molecule has 0 spiro atoms. The van der Waals surface area contributed by atoms with E-state index in [9.17, 15) is 0 Å². The highest BCUT2D eigenvalue weighted by molar-refractivity contribution is 4.76. The summed E-state index contributed by atoms with van der Waals surface area (Å²) in [7, 11) is 0. The Hall–Kier alpha value is -0.300. The van der Waals surface area contributed by atoms with Gasteiger partial charge in [0.25, 0.3) is 0 Å². The molecule has 11 heavy (non-hydrogen) atoms. The molecule has 0 bridgehead atoms. The van der Waals surface area contributed by atoms with Gasteiger partial charge in [-0.25, -0.2) is 0 Å². The predicted molar refractivity (Wildman–Crippen MR) is 48.2 cm³/mol. The fourth-order valence-electron chi connectivity index (χ4n) is 1.16. The van der Waals surface area contributed by atoms with Crippen LogP contribution in [0.3, 0.4) is 0 Å². The molecule has 0 saturated carbocycles. The number of hydrogen-bond acceptors (Lipinski definition) is 1. The summed E-state index contributed by atoms with van der Waals surface area (Å²) < 4.78 is 0. The minimum Gasteiger partial charge on any atom is -0.389 e. The Morgan fingerprint density at radius 3 is 2.64 bits per heavy atom. The Morgan fingerprint density at radius 2 is 2.18 bits per heavy atom. The Balaban J connectivity index is 3.34. The number of unbranched alkanes of at least 4 members (excludes halogenated alkanes) is 1. The van der Waals surface area contributed by atoms with Crippen molar-refractivity contribution in [2.75, 3.05) is 0 Å². The van der Waals surface area contributed by atoms with Crippen LogP contribution in [0.15, 0.2) is 6.08 Å². The maximum Gasteiger partial charge on any atom is 0.0726 e. The van der Waals surface area contributed by atoms with Crippen LogP contribution in [0, 0.1) is 12.5 Å². The minimum absolute atomic E-state index is 0.415. The summed E-state index contributed by atoms with van der Waals surface area (Å²) in [6.07, 6.45) is 5.42. The van der Waals surface area contributed by atoms with Crippen LogP contribution >= 0.6 is 0 Å². The molecule has 0 aromatic heterocycles. The molecule has 0 amide bonds. The van der Waals surface area contributed by atoms with E-state index in [-0.39, 0.29) is 0 Å². The van der Waals surface area contributed by atoms with Crippen molar-refractivity contribution in [1.82, 2.24) is 0 Å². The number of rotatable bonds is 6. The van der Waals surface area contributed by atoms with Crippen LogP contribution in [0.1, 0.15) is 39.5 Å². The second kappa shape index (κ2) is 6.41. The molecule has 0 aliphatic carbocycles. The molecule has 2 atom stereocenters. The van der Waals surface area contributed by atoms with Gasteiger partial charge in [0.05, 0.1) is 6.10 Å². The zero-order valence-electron chi connectivity index (χ0n) is 7.59. The molecule has 2 unspecified atom stereocenters. The third-order valence-corrected chi connectivity index (χ3v) is 1.92. The minimum atomic E-state index is -0.415. The molecule has 0 aliphatic rings. The summed E-state index contributed by atoms with van der Waals surface area (Å²) in [5.41, 5.74) is 0. The fraction of sp³-hybridized carbons (Fsp3) is 0.800. The van der Waals surface area contributed by atoms with Crippen molar-refractivity contribution in [3.05, 3.63) is 12.7 Å². The van der Waals surface area contributed by atoms with Crippen molar-refractivity contribution < 1.29 is 5.11 Å². The van der Waals surface area contributed by atoms with E-state index < -0.39 is 6.10 Å². The first-order valence-electron chi connectivity index (χ1n) is 4.43. The zero-order valence-corrected chi connectivity index (χ0v) is 7.59. The highest BCUT2D eigenvalue weighted by atomic mass is 16.3. The van der Waals surface area contributed by atoms with Crippen LogP contribution in [0.4, 0.5) is 0 Å². The molecular weight excluding hydrogens is 136 g/mol. The third-order valence-electron chi connectivity index (χ3n) is 1.92. The first-order chi connectivity index (χ1) is 5.20. The van der Waals surface area contributed by atoms with Crippen LogP contribution in [-0.2, 0) is 0 Å². The van der Waals surface area contributed by atoms with Gasteiger partial charge < -0.3 is 5.11 Å². The van der Waals surface area contributed by atoms with E-state index in [1.165, 1.54) is 25.3 Å². The van der Waals surface area contributed by atoms with Crippen LogP contribution in [0.25, 0.3) is 0 Å². The van der Waals surface area contributed by atoms with Crippen LogP contribution < -0.4 is 0 Å². The lowest BCUT2D eigenvalue weighted by Gasteiger charge is -2.12. The zero-order chi connectivity index (χ0) is 8.69. The smallest absolute Gasteiger partial charge is 0.0726 e. The first kappa shape index (κ1) is 10.7. The monoisotopic (exact) mass is 155 g/mol. The molecule has 0 saturated heterocycles. The summed E-state index contributed by atoms with van der Waals surface area (Å²) in [4.78, 5) is 0. The van der Waals surface area contributed by atoms with Crippen molar-refractivity contribution in [2.45, 2.75) is 45.6 Å². The molecule has 1 radical (unpaired) electrons. The van der Waals surface area contributed by atoms with Gasteiger partial charge in [0.15, 0.2) is 0 Å². The average molecular weight is 155 g/mol. The van der Waals surface area contributed by atoms with Crippen molar-refractivity contribution in [3.63, 3.8) is 0 Å². The average Bonchev–Trinajstić information content (AvgIpc) is 2.00. The molecule has 0 heterocycles. The first-order valence-corrected chi connectivity index (χ1v) is 4.43. The topological polar surface area (TPSA) is 20.2 Å². The van der Waals surface area contributed by atoms with Gasteiger partial charge in [-0.2, -0.15) is 0 Å². The van der Waals surface area contributed by atoms with Crippen LogP contribution in [0.2, 0.25) is 0 Å². The molecule has 0 aromatic carbocycles. The molecular formula is C10H19O. The molecule has 1 heteroatoms. The number of hydrogen-bond donors (Lipinski definition) is 1. The maximum absolute atomic E-state index is 9.15. The summed E-state index contributed by atoms with van der Waals surface area (Å²) in [5.74, 6) is 0.588. The van der Waals surface area contributed by atoms with E-state index in [1.54, 1.807) is 0 Å². The maximum atomic E-state index is 9.15. The van der Waals surface area contributed by atoms with Gasteiger partial charge in [-0.3, -0.25) is 0 Å². The summed E-state index contributed by atoms with van der Waals surface area (Å²) >= 11 is 0. The lowest BCUT2D eigenvalue weighted by Crippen LogP contribution is -2.08. The van der Waals surface area contributed by atoms with E-state index in [0.29, 0.717) is 5.92 Å². The Kier molecular flexibility index (Phi) is 6.24. The summed E-state index contributed by atoms with van der Waals surface area (Å²) in [6, 6.07) is 0. The Bertz CT molecular complexity index is 99.0. The quantitative estimate of drug-likeness (QED) is 0.625. The standard InChI is InChI=1S/C10H19O/c1-4-6-7-9(3)8-10(11)5-2/h2,5,9-11H,4,6-8H2,1,3H3. The molecule has 0 rings (SSSR count). The van der Waals surface area contributed by atoms with Crippen LogP contribution in [0.5, 0.6) is 0 Å². The largest absolute Gasteiger partial charge is 0.389 e. The van der Waals surface area contributed by atoms with Gasteiger partial charge >= 0.3 is 0 Å². The van der Waals surface area contributed by atoms with E-state index in [1.807, 2.05) is 0 Å². The molecule has 65 valence electrons. The molecule has 1 nitrogen and oxygen atoms in total. The highest BCUT2D eigenvalue weighted by Crippen LogP contribution is 2.13. The van der Waals surface area contributed by atoms with E-state index >= 15 is 0 Å². The number of aliphatic hydroxyl groups is 1. The van der Waals surface area contributed by atoms with Gasteiger partial charge in [-0.05, 0) is 12.3 Å². The summed E-state index contributed by atoms with van der Waals surface area (Å²) in [6.45, 7) is 9.51. The van der Waals surface area contributed by atoms with Gasteiger partial charge in [-0.1, -0.05) is 45.8 Å². The van der Waals surface area contributed by atoms with Crippen molar-refractivity contribution in [1.29, 1.82) is 0 Å². The summed E-state index contributed by atoms with van der Waals surface area (Å²) in [5, 5.41) is 9.15. The number of aliphatic hydroxyl groups excluding tert-OH is 1. The fourth-order valence-corrected chi connectivity index (χ4v) is 1.16. The van der Waals surface area contributed by atoms with E-state index in [2.05, 4.69) is 13.8 Å². The lowest BCUT2D eigenvalue weighted by atomic mass is 9.98. The molecule has 0 aromatic rings. The molecule has 1 N–H and O–H groups in total. The van der Waals surface area contributed by atoms with Gasteiger partial charge in [0, 0.05) is 0 Å². The van der Waals surface area contributed by atoms with Gasteiger partial charge in [0.2, 0.25) is 0 Å². The second-order valence-corrected chi connectivity index (χ2v) is 3.24. The SMILES string of the molecule is [CH]=CC(O)CC(C)CCCC. The van der Waals surface area contributed by atoms with Gasteiger partial charge in [-0.15, -0.1) is 0 Å². The second-order valence-electron chi connectivity index (χ2n) is 3.24. The molecule has 0 fully saturated rings. The van der Waals surface area contributed by atoms with E-state index in [0.717, 1.165) is 6.42 Å². The lowest BCUT2D eigenvalue weighted by molar-refractivity contribution is 0.187. The van der Waals surface area contributed by atoms with Crippen LogP contribution in [-0.4, -0.2) is 11.2 Å². The highest BCUT2D eigenvalue weighted by Gasteiger charge is 2.05. The Labute approximate surface area is 70.1 Å². The van der Waals surface area contributed by atoms with E-state index in [4.69, 9.17) is 11.7 Å². The normalized spacial score (nSPS) is 15.9. The predicted octanol–water partition coefficient (Wildman–Crippen LogP) is 2.55. The van der Waals surface area contributed by atoms with Crippen molar-refractivity contribution in [2.24, 2.45) is 5.92 Å². The Morgan fingerprint density at radius 1 is 1.55 bits per heavy atom. The molecule has 0 aliphatic heterocycles. The third kappa shape index (κ3) is 6.11. The van der Waals surface area contributed by atoms with Crippen molar-refractivity contribution in [3.8, 4) is 0 Å². The van der Waals surface area contributed by atoms with Gasteiger partial charge in [0.1, 0.15) is 0 Å².